The molecule has 1 N–H and O–H groups in total. The summed E-state index contributed by atoms with van der Waals surface area (Å²) in [5, 5.41) is 2.77. The van der Waals surface area contributed by atoms with Crippen molar-refractivity contribution in [3.8, 4) is 0 Å². The van der Waals surface area contributed by atoms with Gasteiger partial charge in [0.2, 0.25) is 0 Å². The van der Waals surface area contributed by atoms with Crippen molar-refractivity contribution in [3.63, 3.8) is 0 Å². The van der Waals surface area contributed by atoms with E-state index in [0.717, 1.165) is 25.7 Å². The molecular formula is C11H18N2O2. The maximum Gasteiger partial charge on any atom is 0.325 e. The largest absolute Gasteiger partial charge is 0.326 e. The van der Waals surface area contributed by atoms with Crippen LogP contribution in [0.3, 0.4) is 0 Å². The van der Waals surface area contributed by atoms with Gasteiger partial charge in [-0.25, -0.2) is 4.79 Å². The molecule has 0 aromatic heterocycles. The number of hydrogen-bond acceptors (Lipinski definition) is 2. The average molecular weight is 210 g/mol. The monoisotopic (exact) mass is 210 g/mol. The Labute approximate surface area is 90.0 Å². The summed E-state index contributed by atoms with van der Waals surface area (Å²) < 4.78 is 0. The van der Waals surface area contributed by atoms with Crippen LogP contribution in [0.2, 0.25) is 0 Å². The fourth-order valence-corrected chi connectivity index (χ4v) is 2.47. The number of carbonyl (C=O) groups is 2. The van der Waals surface area contributed by atoms with E-state index in [1.165, 1.54) is 4.90 Å². The molecule has 1 atom stereocenters. The van der Waals surface area contributed by atoms with Crippen LogP contribution < -0.4 is 5.32 Å². The molecule has 2 aliphatic rings. The lowest BCUT2D eigenvalue weighted by Gasteiger charge is -2.20. The maximum atomic E-state index is 12.0. The predicted octanol–water partition coefficient (Wildman–Crippen LogP) is 1.51. The molecule has 1 heterocycles. The number of carbonyl (C=O) groups excluding carboxylic acids is 2. The average Bonchev–Trinajstić information content (AvgIpc) is 2.73. The van der Waals surface area contributed by atoms with E-state index in [-0.39, 0.29) is 29.9 Å². The van der Waals surface area contributed by atoms with Gasteiger partial charge >= 0.3 is 6.03 Å². The fraction of sp³-hybridized carbons (Fsp3) is 0.818. The van der Waals surface area contributed by atoms with Gasteiger partial charge in [0.25, 0.3) is 5.91 Å². The van der Waals surface area contributed by atoms with Crippen LogP contribution in [-0.2, 0) is 4.79 Å². The highest BCUT2D eigenvalue weighted by Gasteiger charge is 2.43. The molecule has 84 valence electrons. The zero-order valence-corrected chi connectivity index (χ0v) is 9.32. The molecular weight excluding hydrogens is 192 g/mol. The Morgan fingerprint density at radius 2 is 1.87 bits per heavy atom. The van der Waals surface area contributed by atoms with Crippen LogP contribution in [0, 0.1) is 5.92 Å². The van der Waals surface area contributed by atoms with Gasteiger partial charge in [0.15, 0.2) is 0 Å². The van der Waals surface area contributed by atoms with Crippen LogP contribution >= 0.6 is 0 Å². The first-order valence-electron chi connectivity index (χ1n) is 5.75. The molecule has 0 aromatic carbocycles. The van der Waals surface area contributed by atoms with E-state index >= 15 is 0 Å². The van der Waals surface area contributed by atoms with Crippen molar-refractivity contribution in [3.05, 3.63) is 0 Å². The number of urea groups is 1. The minimum atomic E-state index is -0.307. The van der Waals surface area contributed by atoms with Crippen molar-refractivity contribution in [1.29, 1.82) is 0 Å². The summed E-state index contributed by atoms with van der Waals surface area (Å²) in [6.45, 7) is 3.92. The zero-order valence-electron chi connectivity index (χ0n) is 9.32. The molecule has 1 saturated carbocycles. The Morgan fingerprint density at radius 1 is 1.27 bits per heavy atom. The summed E-state index contributed by atoms with van der Waals surface area (Å²) in [6, 6.07) is -0.343. The standard InChI is InChI=1S/C11H18N2O2/c1-7(2)9-10(14)13(11(15)12-9)8-5-3-4-6-8/h7-9H,3-6H2,1-2H3,(H,12,15). The SMILES string of the molecule is CC(C)C1NC(=O)N(C2CCCC2)C1=O. The summed E-state index contributed by atoms with van der Waals surface area (Å²) in [7, 11) is 0. The lowest BCUT2D eigenvalue weighted by Crippen LogP contribution is -2.39. The highest BCUT2D eigenvalue weighted by atomic mass is 16.2. The quantitative estimate of drug-likeness (QED) is 0.702. The van der Waals surface area contributed by atoms with Gasteiger partial charge < -0.3 is 5.32 Å². The molecule has 2 fully saturated rings. The first-order chi connectivity index (χ1) is 7.11. The third kappa shape index (κ3) is 1.73. The molecule has 0 spiro atoms. The molecule has 15 heavy (non-hydrogen) atoms. The number of hydrogen-bond donors (Lipinski definition) is 1. The first kappa shape index (κ1) is 10.5. The van der Waals surface area contributed by atoms with Crippen LogP contribution in [0.25, 0.3) is 0 Å². The highest BCUT2D eigenvalue weighted by molar-refractivity contribution is 6.04. The van der Waals surface area contributed by atoms with Crippen LogP contribution in [0.15, 0.2) is 0 Å². The van der Waals surface area contributed by atoms with Gasteiger partial charge in [0, 0.05) is 6.04 Å². The van der Waals surface area contributed by atoms with E-state index in [9.17, 15) is 9.59 Å². The van der Waals surface area contributed by atoms with Gasteiger partial charge in [-0.3, -0.25) is 9.69 Å². The summed E-state index contributed by atoms with van der Waals surface area (Å²) in [5.74, 6) is 0.148. The number of amides is 3. The zero-order chi connectivity index (χ0) is 11.0. The number of imide groups is 1. The van der Waals surface area contributed by atoms with Crippen molar-refractivity contribution in [1.82, 2.24) is 10.2 Å². The topological polar surface area (TPSA) is 49.4 Å². The van der Waals surface area contributed by atoms with Crippen molar-refractivity contribution < 1.29 is 9.59 Å². The molecule has 0 radical (unpaired) electrons. The first-order valence-corrected chi connectivity index (χ1v) is 5.75. The second-order valence-electron chi connectivity index (χ2n) is 4.82. The third-order valence-corrected chi connectivity index (χ3v) is 3.36. The van der Waals surface area contributed by atoms with Crippen LogP contribution in [-0.4, -0.2) is 28.9 Å². The second-order valence-corrected chi connectivity index (χ2v) is 4.82. The molecule has 0 aromatic rings. The second kappa shape index (κ2) is 3.83. The van der Waals surface area contributed by atoms with Crippen LogP contribution in [0.5, 0.6) is 0 Å². The maximum absolute atomic E-state index is 12.0. The predicted molar refractivity (Wildman–Crippen MR) is 56.3 cm³/mol. The number of nitrogens with zero attached hydrogens (tertiary/aromatic N) is 1. The Kier molecular flexibility index (Phi) is 2.67. The third-order valence-electron chi connectivity index (χ3n) is 3.36. The molecule has 1 aliphatic heterocycles. The molecule has 0 bridgehead atoms. The number of nitrogens with one attached hydrogen (secondary N) is 1. The molecule has 1 unspecified atom stereocenters. The van der Waals surface area contributed by atoms with Gasteiger partial charge in [-0.15, -0.1) is 0 Å². The summed E-state index contributed by atoms with van der Waals surface area (Å²) in [4.78, 5) is 25.1. The van der Waals surface area contributed by atoms with Crippen molar-refractivity contribution in [2.45, 2.75) is 51.6 Å². The van der Waals surface area contributed by atoms with E-state index < -0.39 is 0 Å². The Hall–Kier alpha value is -1.06. The molecule has 1 saturated heterocycles. The summed E-state index contributed by atoms with van der Waals surface area (Å²) >= 11 is 0. The smallest absolute Gasteiger partial charge is 0.325 e. The normalized spacial score (nSPS) is 27.9. The molecule has 2 rings (SSSR count). The summed E-state index contributed by atoms with van der Waals surface area (Å²) in [5.41, 5.74) is 0. The van der Waals surface area contributed by atoms with Gasteiger partial charge in [-0.2, -0.15) is 0 Å². The molecule has 3 amide bonds. The number of rotatable bonds is 2. The molecule has 1 aliphatic carbocycles. The van der Waals surface area contributed by atoms with E-state index in [0.29, 0.717) is 0 Å². The van der Waals surface area contributed by atoms with Crippen molar-refractivity contribution in [2.75, 3.05) is 0 Å². The molecule has 4 nitrogen and oxygen atoms in total. The lowest BCUT2D eigenvalue weighted by atomic mass is 10.0. The lowest BCUT2D eigenvalue weighted by molar-refractivity contribution is -0.129. The van der Waals surface area contributed by atoms with E-state index in [1.807, 2.05) is 13.8 Å². The Morgan fingerprint density at radius 3 is 2.33 bits per heavy atom. The van der Waals surface area contributed by atoms with E-state index in [2.05, 4.69) is 5.32 Å². The molecule has 4 heteroatoms. The van der Waals surface area contributed by atoms with E-state index in [4.69, 9.17) is 0 Å². The van der Waals surface area contributed by atoms with Crippen LogP contribution in [0.4, 0.5) is 4.79 Å². The fourth-order valence-electron chi connectivity index (χ4n) is 2.47. The summed E-state index contributed by atoms with van der Waals surface area (Å²) in [6.07, 6.45) is 4.22. The minimum Gasteiger partial charge on any atom is -0.326 e. The van der Waals surface area contributed by atoms with Crippen molar-refractivity contribution in [2.24, 2.45) is 5.92 Å². The van der Waals surface area contributed by atoms with Gasteiger partial charge in [0.05, 0.1) is 0 Å². The minimum absolute atomic E-state index is 0.0260. The highest BCUT2D eigenvalue weighted by Crippen LogP contribution is 2.27. The van der Waals surface area contributed by atoms with Crippen molar-refractivity contribution >= 4 is 11.9 Å². The Bertz CT molecular complexity index is 282. The van der Waals surface area contributed by atoms with Gasteiger partial charge in [-0.05, 0) is 18.8 Å². The van der Waals surface area contributed by atoms with Gasteiger partial charge in [0.1, 0.15) is 6.04 Å². The Balaban J connectivity index is 2.12. The van der Waals surface area contributed by atoms with Crippen LogP contribution in [0.1, 0.15) is 39.5 Å². The van der Waals surface area contributed by atoms with E-state index in [1.54, 1.807) is 0 Å². The van der Waals surface area contributed by atoms with Gasteiger partial charge in [-0.1, -0.05) is 26.7 Å².